The van der Waals surface area contributed by atoms with E-state index in [1.165, 1.54) is 24.1 Å². The van der Waals surface area contributed by atoms with Crippen molar-refractivity contribution in [3.8, 4) is 0 Å². The highest BCUT2D eigenvalue weighted by Gasteiger charge is 2.32. The largest absolute Gasteiger partial charge is 0.330 e. The summed E-state index contributed by atoms with van der Waals surface area (Å²) in [5.41, 5.74) is 8.57. The fourth-order valence-electron chi connectivity index (χ4n) is 2.20. The van der Waals surface area contributed by atoms with Crippen LogP contribution in [0.4, 0.5) is 0 Å². The SMILES string of the molecule is CC(C)(C)n1ncc(CCCN)c1C1CC1. The van der Waals surface area contributed by atoms with Crippen LogP contribution in [-0.4, -0.2) is 16.3 Å². The Labute approximate surface area is 98.0 Å². The molecule has 90 valence electrons. The van der Waals surface area contributed by atoms with Gasteiger partial charge in [0, 0.05) is 11.6 Å². The lowest BCUT2D eigenvalue weighted by Crippen LogP contribution is -2.25. The van der Waals surface area contributed by atoms with Gasteiger partial charge in [-0.2, -0.15) is 5.10 Å². The Morgan fingerprint density at radius 2 is 2.12 bits per heavy atom. The van der Waals surface area contributed by atoms with Gasteiger partial charge >= 0.3 is 0 Å². The smallest absolute Gasteiger partial charge is 0.0546 e. The molecule has 1 aromatic heterocycles. The molecule has 0 atom stereocenters. The maximum absolute atomic E-state index is 5.58. The fourth-order valence-corrected chi connectivity index (χ4v) is 2.20. The minimum atomic E-state index is 0.0961. The van der Waals surface area contributed by atoms with Gasteiger partial charge in [0.05, 0.1) is 11.7 Å². The predicted octanol–water partition coefficient (Wildman–Crippen LogP) is 2.41. The Balaban J connectivity index is 2.28. The van der Waals surface area contributed by atoms with E-state index in [0.29, 0.717) is 0 Å². The summed E-state index contributed by atoms with van der Waals surface area (Å²) >= 11 is 0. The molecular formula is C13H23N3. The van der Waals surface area contributed by atoms with Gasteiger partial charge in [0.15, 0.2) is 0 Å². The van der Waals surface area contributed by atoms with Gasteiger partial charge in [-0.15, -0.1) is 0 Å². The summed E-state index contributed by atoms with van der Waals surface area (Å²) in [7, 11) is 0. The monoisotopic (exact) mass is 221 g/mol. The van der Waals surface area contributed by atoms with E-state index in [0.717, 1.165) is 25.3 Å². The summed E-state index contributed by atoms with van der Waals surface area (Å²) in [6.45, 7) is 7.43. The molecule has 2 N–H and O–H groups in total. The summed E-state index contributed by atoms with van der Waals surface area (Å²) in [6.07, 6.45) is 6.86. The highest BCUT2D eigenvalue weighted by Crippen LogP contribution is 2.43. The van der Waals surface area contributed by atoms with Crippen molar-refractivity contribution in [2.45, 2.75) is 57.9 Å². The molecular weight excluding hydrogens is 198 g/mol. The highest BCUT2D eigenvalue weighted by molar-refractivity contribution is 5.27. The molecule has 0 aromatic carbocycles. The van der Waals surface area contributed by atoms with E-state index in [-0.39, 0.29) is 5.54 Å². The molecule has 1 aliphatic rings. The van der Waals surface area contributed by atoms with Crippen molar-refractivity contribution >= 4 is 0 Å². The van der Waals surface area contributed by atoms with Crippen LogP contribution in [0, 0.1) is 0 Å². The van der Waals surface area contributed by atoms with Crippen LogP contribution in [0.2, 0.25) is 0 Å². The summed E-state index contributed by atoms with van der Waals surface area (Å²) in [5.74, 6) is 0.759. The topological polar surface area (TPSA) is 43.8 Å². The van der Waals surface area contributed by atoms with E-state index in [1.807, 2.05) is 0 Å². The van der Waals surface area contributed by atoms with E-state index in [4.69, 9.17) is 5.73 Å². The quantitative estimate of drug-likeness (QED) is 0.848. The van der Waals surface area contributed by atoms with Crippen molar-refractivity contribution in [2.24, 2.45) is 5.73 Å². The molecule has 1 aliphatic carbocycles. The van der Waals surface area contributed by atoms with Crippen LogP contribution in [0.5, 0.6) is 0 Å². The van der Waals surface area contributed by atoms with Crippen molar-refractivity contribution in [1.82, 2.24) is 9.78 Å². The average Bonchev–Trinajstić information content (AvgIpc) is 2.94. The number of hydrogen-bond acceptors (Lipinski definition) is 2. The van der Waals surface area contributed by atoms with Gasteiger partial charge in [0.25, 0.3) is 0 Å². The van der Waals surface area contributed by atoms with Crippen molar-refractivity contribution < 1.29 is 0 Å². The van der Waals surface area contributed by atoms with Gasteiger partial charge in [-0.05, 0) is 58.6 Å². The van der Waals surface area contributed by atoms with Gasteiger partial charge in [0.2, 0.25) is 0 Å². The molecule has 1 heterocycles. The van der Waals surface area contributed by atoms with Crippen LogP contribution in [-0.2, 0) is 12.0 Å². The summed E-state index contributed by atoms with van der Waals surface area (Å²) in [5, 5.41) is 4.58. The first-order valence-corrected chi connectivity index (χ1v) is 6.31. The molecule has 0 radical (unpaired) electrons. The summed E-state index contributed by atoms with van der Waals surface area (Å²) in [4.78, 5) is 0. The van der Waals surface area contributed by atoms with Crippen molar-refractivity contribution in [2.75, 3.05) is 6.54 Å². The highest BCUT2D eigenvalue weighted by atomic mass is 15.3. The molecule has 0 bridgehead atoms. The van der Waals surface area contributed by atoms with Crippen molar-refractivity contribution in [3.05, 3.63) is 17.5 Å². The molecule has 2 rings (SSSR count). The summed E-state index contributed by atoms with van der Waals surface area (Å²) < 4.78 is 2.22. The lowest BCUT2D eigenvalue weighted by atomic mass is 10.0. The summed E-state index contributed by atoms with van der Waals surface area (Å²) in [6, 6.07) is 0. The molecule has 0 amide bonds. The number of hydrogen-bond donors (Lipinski definition) is 1. The zero-order valence-corrected chi connectivity index (χ0v) is 10.7. The minimum absolute atomic E-state index is 0.0961. The van der Waals surface area contributed by atoms with E-state index >= 15 is 0 Å². The lowest BCUT2D eigenvalue weighted by Gasteiger charge is -2.23. The van der Waals surface area contributed by atoms with Gasteiger partial charge in [-0.25, -0.2) is 0 Å². The van der Waals surface area contributed by atoms with Crippen LogP contribution >= 0.6 is 0 Å². The first kappa shape index (κ1) is 11.6. The molecule has 1 saturated carbocycles. The van der Waals surface area contributed by atoms with Crippen LogP contribution in [0.1, 0.15) is 57.2 Å². The number of nitrogens with zero attached hydrogens (tertiary/aromatic N) is 2. The first-order chi connectivity index (χ1) is 7.54. The first-order valence-electron chi connectivity index (χ1n) is 6.31. The number of nitrogens with two attached hydrogens (primary N) is 1. The lowest BCUT2D eigenvalue weighted by molar-refractivity contribution is 0.343. The normalized spacial score (nSPS) is 16.8. The van der Waals surface area contributed by atoms with Gasteiger partial charge < -0.3 is 5.73 Å². The molecule has 0 spiro atoms. The number of rotatable bonds is 4. The molecule has 3 nitrogen and oxygen atoms in total. The van der Waals surface area contributed by atoms with Crippen LogP contribution < -0.4 is 5.73 Å². The second kappa shape index (κ2) is 4.21. The predicted molar refractivity (Wildman–Crippen MR) is 66.6 cm³/mol. The number of aryl methyl sites for hydroxylation is 1. The second-order valence-corrected chi connectivity index (χ2v) is 5.80. The zero-order chi connectivity index (χ0) is 11.8. The van der Waals surface area contributed by atoms with Crippen LogP contribution in [0.25, 0.3) is 0 Å². The van der Waals surface area contributed by atoms with E-state index in [2.05, 4.69) is 36.7 Å². The zero-order valence-electron chi connectivity index (χ0n) is 10.7. The van der Waals surface area contributed by atoms with Crippen LogP contribution in [0.3, 0.4) is 0 Å². The Morgan fingerprint density at radius 3 is 2.62 bits per heavy atom. The average molecular weight is 221 g/mol. The Morgan fingerprint density at radius 1 is 1.44 bits per heavy atom. The number of aromatic nitrogens is 2. The molecule has 3 heteroatoms. The van der Waals surface area contributed by atoms with Crippen molar-refractivity contribution in [1.29, 1.82) is 0 Å². The minimum Gasteiger partial charge on any atom is -0.330 e. The third-order valence-electron chi connectivity index (χ3n) is 3.14. The molecule has 1 aromatic rings. The fraction of sp³-hybridized carbons (Fsp3) is 0.769. The van der Waals surface area contributed by atoms with Gasteiger partial charge in [-0.1, -0.05) is 0 Å². The Kier molecular flexibility index (Phi) is 3.06. The third-order valence-corrected chi connectivity index (χ3v) is 3.14. The standard InChI is InChI=1S/C13H23N3/c1-13(2,3)16-12(10-6-7-10)11(9-15-16)5-4-8-14/h9-10H,4-8,14H2,1-3H3. The van der Waals surface area contributed by atoms with E-state index in [1.54, 1.807) is 0 Å². The molecule has 0 unspecified atom stereocenters. The second-order valence-electron chi connectivity index (χ2n) is 5.80. The third kappa shape index (κ3) is 2.29. The van der Waals surface area contributed by atoms with Crippen LogP contribution in [0.15, 0.2) is 6.20 Å². The van der Waals surface area contributed by atoms with Gasteiger partial charge in [-0.3, -0.25) is 4.68 Å². The van der Waals surface area contributed by atoms with E-state index < -0.39 is 0 Å². The van der Waals surface area contributed by atoms with E-state index in [9.17, 15) is 0 Å². The molecule has 1 fully saturated rings. The van der Waals surface area contributed by atoms with Gasteiger partial charge in [0.1, 0.15) is 0 Å². The maximum atomic E-state index is 5.58. The Bertz CT molecular complexity index is 356. The maximum Gasteiger partial charge on any atom is 0.0546 e. The van der Waals surface area contributed by atoms with Crippen molar-refractivity contribution in [3.63, 3.8) is 0 Å². The Hall–Kier alpha value is -0.830. The molecule has 0 aliphatic heterocycles. The molecule has 0 saturated heterocycles. The molecule has 16 heavy (non-hydrogen) atoms.